The average molecular weight is 422 g/mol. The number of carbonyl (C=O) groups is 2. The molecule has 154 valence electrons. The molecule has 2 aromatic carbocycles. The fourth-order valence-electron chi connectivity index (χ4n) is 2.86. The number of carbonyl (C=O) groups excluding carboxylic acids is 1. The van der Waals surface area contributed by atoms with Crippen LogP contribution in [0.4, 0.5) is 9.18 Å². The van der Waals surface area contributed by atoms with Gasteiger partial charge in [-0.15, -0.1) is 0 Å². The summed E-state index contributed by atoms with van der Waals surface area (Å²) in [4.78, 5) is 25.0. The van der Waals surface area contributed by atoms with Crippen molar-refractivity contribution >= 4 is 23.7 Å². The van der Waals surface area contributed by atoms with Gasteiger partial charge in [0.25, 0.3) is 0 Å². The molecule has 0 aliphatic carbocycles. The van der Waals surface area contributed by atoms with Gasteiger partial charge in [0.05, 0.1) is 18.7 Å². The van der Waals surface area contributed by atoms with Crippen molar-refractivity contribution in [2.75, 3.05) is 13.1 Å². The fourth-order valence-corrected chi connectivity index (χ4v) is 3.08. The number of hydrogen-bond donors (Lipinski definition) is 1. The fraction of sp³-hybridized carbons (Fsp3) is 0.333. The smallest absolute Gasteiger partial charge is 0.410 e. The summed E-state index contributed by atoms with van der Waals surface area (Å²) in [5.41, 5.74) is 0.317. The van der Waals surface area contributed by atoms with Gasteiger partial charge in [0.15, 0.2) is 0 Å². The Balaban J connectivity index is 1.76. The van der Waals surface area contributed by atoms with Crippen LogP contribution in [-0.4, -0.2) is 46.9 Å². The Hall–Kier alpha value is -2.80. The summed E-state index contributed by atoms with van der Waals surface area (Å²) in [6.45, 7) is 6.02. The minimum Gasteiger partial charge on any atom is -0.487 e. The molecule has 6 nitrogen and oxygen atoms in total. The number of benzene rings is 2. The molecule has 0 aromatic heterocycles. The summed E-state index contributed by atoms with van der Waals surface area (Å²) in [6.07, 6.45) is -0.720. The van der Waals surface area contributed by atoms with Crippen LogP contribution < -0.4 is 4.74 Å². The molecule has 1 aliphatic heterocycles. The first-order chi connectivity index (χ1) is 13.5. The normalized spacial score (nSPS) is 14.3. The zero-order valence-electron chi connectivity index (χ0n) is 16.2. The molecule has 1 amide bonds. The second kappa shape index (κ2) is 7.91. The zero-order chi connectivity index (χ0) is 21.3. The number of ether oxygens (including phenoxy) is 2. The average Bonchev–Trinajstić information content (AvgIpc) is 2.54. The van der Waals surface area contributed by atoms with Gasteiger partial charge in [-0.1, -0.05) is 11.6 Å². The van der Waals surface area contributed by atoms with Gasteiger partial charge < -0.3 is 19.5 Å². The van der Waals surface area contributed by atoms with Gasteiger partial charge in [-0.25, -0.2) is 14.0 Å². The molecule has 8 heteroatoms. The molecule has 0 saturated carbocycles. The number of carboxylic acid groups (broad SMARTS) is 1. The van der Waals surface area contributed by atoms with E-state index in [1.54, 1.807) is 32.9 Å². The molecule has 0 atom stereocenters. The molecular formula is C21H21ClFNO5. The predicted octanol–water partition coefficient (Wildman–Crippen LogP) is 4.84. The Morgan fingerprint density at radius 2 is 1.76 bits per heavy atom. The van der Waals surface area contributed by atoms with Crippen LogP contribution in [0.1, 0.15) is 31.1 Å². The van der Waals surface area contributed by atoms with Crippen molar-refractivity contribution in [3.8, 4) is 16.9 Å². The van der Waals surface area contributed by atoms with E-state index in [2.05, 4.69) is 0 Å². The first kappa shape index (κ1) is 20.9. The van der Waals surface area contributed by atoms with Gasteiger partial charge in [0.1, 0.15) is 23.3 Å². The molecule has 1 N–H and O–H groups in total. The van der Waals surface area contributed by atoms with Crippen LogP contribution in [0.2, 0.25) is 5.02 Å². The molecule has 1 fully saturated rings. The molecule has 1 aliphatic rings. The number of aromatic carboxylic acids is 1. The minimum atomic E-state index is -1.14. The molecular weight excluding hydrogens is 401 g/mol. The van der Waals surface area contributed by atoms with Crippen LogP contribution in [-0.2, 0) is 4.74 Å². The lowest BCUT2D eigenvalue weighted by Gasteiger charge is -2.39. The molecule has 2 aromatic rings. The lowest BCUT2D eigenvalue weighted by molar-refractivity contribution is -0.0221. The molecule has 1 heterocycles. The second-order valence-corrected chi connectivity index (χ2v) is 8.27. The van der Waals surface area contributed by atoms with Crippen molar-refractivity contribution in [1.29, 1.82) is 0 Å². The SMILES string of the molecule is CC(C)(C)OC(=O)N1CC(Oc2cc(C(=O)O)cc(-c3cc(F)cc(Cl)c3)c2)C1. The topological polar surface area (TPSA) is 76.1 Å². The van der Waals surface area contributed by atoms with Crippen LogP contribution in [0.5, 0.6) is 5.75 Å². The van der Waals surface area contributed by atoms with Crippen molar-refractivity contribution in [3.63, 3.8) is 0 Å². The van der Waals surface area contributed by atoms with Crippen molar-refractivity contribution in [2.24, 2.45) is 0 Å². The van der Waals surface area contributed by atoms with Crippen molar-refractivity contribution in [3.05, 3.63) is 52.8 Å². The monoisotopic (exact) mass is 421 g/mol. The van der Waals surface area contributed by atoms with Crippen LogP contribution in [0.25, 0.3) is 11.1 Å². The maximum atomic E-state index is 13.7. The van der Waals surface area contributed by atoms with Crippen LogP contribution in [0.15, 0.2) is 36.4 Å². The summed E-state index contributed by atoms with van der Waals surface area (Å²) in [7, 11) is 0. The van der Waals surface area contributed by atoms with E-state index in [-0.39, 0.29) is 16.7 Å². The minimum absolute atomic E-state index is 0.00112. The Morgan fingerprint density at radius 1 is 1.10 bits per heavy atom. The van der Waals surface area contributed by atoms with E-state index in [0.717, 1.165) is 0 Å². The van der Waals surface area contributed by atoms with E-state index >= 15 is 0 Å². The molecule has 0 radical (unpaired) electrons. The summed E-state index contributed by atoms with van der Waals surface area (Å²) in [5.74, 6) is -1.35. The summed E-state index contributed by atoms with van der Waals surface area (Å²) < 4.78 is 24.8. The lowest BCUT2D eigenvalue weighted by Crippen LogP contribution is -2.57. The van der Waals surface area contributed by atoms with E-state index in [4.69, 9.17) is 21.1 Å². The third kappa shape index (κ3) is 5.38. The number of carboxylic acids is 1. The van der Waals surface area contributed by atoms with Gasteiger partial charge in [-0.3, -0.25) is 0 Å². The third-order valence-corrected chi connectivity index (χ3v) is 4.37. The number of nitrogens with zero attached hydrogens (tertiary/aromatic N) is 1. The molecule has 0 unspecified atom stereocenters. The summed E-state index contributed by atoms with van der Waals surface area (Å²) in [5, 5.41) is 9.60. The number of rotatable bonds is 4. The van der Waals surface area contributed by atoms with E-state index in [9.17, 15) is 19.1 Å². The number of amides is 1. The van der Waals surface area contributed by atoms with Crippen molar-refractivity contribution in [2.45, 2.75) is 32.5 Å². The van der Waals surface area contributed by atoms with Gasteiger partial charge in [-0.05, 0) is 68.3 Å². The maximum absolute atomic E-state index is 13.7. The van der Waals surface area contributed by atoms with E-state index < -0.39 is 23.5 Å². The van der Waals surface area contributed by atoms with Gasteiger partial charge in [0.2, 0.25) is 0 Å². The quantitative estimate of drug-likeness (QED) is 0.764. The number of hydrogen-bond acceptors (Lipinski definition) is 4. The van der Waals surface area contributed by atoms with Gasteiger partial charge in [0, 0.05) is 5.02 Å². The Kier molecular flexibility index (Phi) is 5.71. The first-order valence-electron chi connectivity index (χ1n) is 8.99. The van der Waals surface area contributed by atoms with Crippen molar-refractivity contribution < 1.29 is 28.6 Å². The molecule has 3 rings (SSSR count). The summed E-state index contributed by atoms with van der Waals surface area (Å²) in [6, 6.07) is 8.42. The Labute approximate surface area is 172 Å². The largest absolute Gasteiger partial charge is 0.487 e. The van der Waals surface area contributed by atoms with Crippen LogP contribution in [0.3, 0.4) is 0 Å². The predicted molar refractivity (Wildman–Crippen MR) is 106 cm³/mol. The highest BCUT2D eigenvalue weighted by Crippen LogP contribution is 2.30. The first-order valence-corrected chi connectivity index (χ1v) is 9.37. The zero-order valence-corrected chi connectivity index (χ0v) is 17.0. The highest BCUT2D eigenvalue weighted by Gasteiger charge is 2.35. The lowest BCUT2D eigenvalue weighted by atomic mass is 10.0. The van der Waals surface area contributed by atoms with E-state index in [0.29, 0.717) is 30.0 Å². The molecule has 0 spiro atoms. The second-order valence-electron chi connectivity index (χ2n) is 7.83. The van der Waals surface area contributed by atoms with Crippen LogP contribution in [0, 0.1) is 5.82 Å². The van der Waals surface area contributed by atoms with Gasteiger partial charge in [-0.2, -0.15) is 0 Å². The Bertz CT molecular complexity index is 930. The summed E-state index contributed by atoms with van der Waals surface area (Å²) >= 11 is 5.91. The van der Waals surface area contributed by atoms with Crippen molar-refractivity contribution in [1.82, 2.24) is 4.90 Å². The number of likely N-dealkylation sites (tertiary alicyclic amines) is 1. The molecule has 1 saturated heterocycles. The highest BCUT2D eigenvalue weighted by molar-refractivity contribution is 6.30. The highest BCUT2D eigenvalue weighted by atomic mass is 35.5. The Morgan fingerprint density at radius 3 is 2.34 bits per heavy atom. The maximum Gasteiger partial charge on any atom is 0.410 e. The third-order valence-electron chi connectivity index (χ3n) is 4.15. The molecule has 0 bridgehead atoms. The standard InChI is InChI=1S/C21H21ClFNO5/c1-21(2,3)29-20(27)24-10-18(11-24)28-17-7-12(4-14(8-17)19(25)26)13-5-15(22)9-16(23)6-13/h4-9,18H,10-11H2,1-3H3,(H,25,26). The molecule has 29 heavy (non-hydrogen) atoms. The van der Waals surface area contributed by atoms with E-state index in [1.165, 1.54) is 29.2 Å². The van der Waals surface area contributed by atoms with Crippen LogP contribution >= 0.6 is 11.6 Å². The van der Waals surface area contributed by atoms with E-state index in [1.807, 2.05) is 0 Å². The number of halogens is 2. The van der Waals surface area contributed by atoms with Gasteiger partial charge >= 0.3 is 12.1 Å².